The number of nitro benzene ring substituents is 1. The summed E-state index contributed by atoms with van der Waals surface area (Å²) in [6, 6.07) is 9.66. The van der Waals surface area contributed by atoms with Gasteiger partial charge < -0.3 is 9.84 Å². The number of aliphatic hydroxyl groups is 1. The van der Waals surface area contributed by atoms with Gasteiger partial charge in [-0.1, -0.05) is 22.9 Å². The number of carbonyl (C=O) groups excluding carboxylic acids is 1. The molecule has 2 aromatic carbocycles. The molecule has 2 aromatic heterocycles. The lowest BCUT2D eigenvalue weighted by Crippen LogP contribution is -2.10. The Bertz CT molecular complexity index is 1560. The zero-order valence-electron chi connectivity index (χ0n) is 17.2. The highest BCUT2D eigenvalue weighted by molar-refractivity contribution is 7.17. The van der Waals surface area contributed by atoms with Crippen LogP contribution < -0.4 is 5.56 Å². The van der Waals surface area contributed by atoms with Gasteiger partial charge in [0, 0.05) is 17.2 Å². The van der Waals surface area contributed by atoms with Crippen molar-refractivity contribution < 1.29 is 19.6 Å². The van der Waals surface area contributed by atoms with Gasteiger partial charge in [-0.2, -0.15) is 15.2 Å². The first-order valence-electron chi connectivity index (χ1n) is 9.54. The SMILES string of the molecule is CCOC(=O)/C(N=Nc1ccc([N+](=O)[O-])cc1)=C(\O)c1nn2c(nc(=O)c3ccc(Cl)cc32)s1. The van der Waals surface area contributed by atoms with Crippen molar-refractivity contribution >= 4 is 61.9 Å². The zero-order valence-corrected chi connectivity index (χ0v) is 18.8. The topological polar surface area (TPSA) is 162 Å². The molecule has 0 radical (unpaired) electrons. The van der Waals surface area contributed by atoms with Gasteiger partial charge in [-0.15, -0.1) is 5.11 Å². The second-order valence-electron chi connectivity index (χ2n) is 6.57. The number of carbonyl (C=O) groups is 1. The summed E-state index contributed by atoms with van der Waals surface area (Å²) in [6.07, 6.45) is 0. The Balaban J connectivity index is 1.82. The van der Waals surface area contributed by atoms with Gasteiger partial charge in [-0.3, -0.25) is 14.9 Å². The van der Waals surface area contributed by atoms with E-state index in [9.17, 15) is 24.8 Å². The summed E-state index contributed by atoms with van der Waals surface area (Å²) in [5.74, 6) is -1.62. The van der Waals surface area contributed by atoms with Crippen LogP contribution >= 0.6 is 22.9 Å². The summed E-state index contributed by atoms with van der Waals surface area (Å²) < 4.78 is 6.27. The van der Waals surface area contributed by atoms with Crippen LogP contribution in [0.3, 0.4) is 0 Å². The Morgan fingerprint density at radius 1 is 1.29 bits per heavy atom. The minimum Gasteiger partial charge on any atom is -0.503 e. The van der Waals surface area contributed by atoms with Gasteiger partial charge in [0.15, 0.2) is 10.8 Å². The zero-order chi connectivity index (χ0) is 24.4. The molecular formula is C20H13ClN6O6S. The fourth-order valence-electron chi connectivity index (χ4n) is 2.85. The minimum absolute atomic E-state index is 0.00148. The maximum absolute atomic E-state index is 12.5. The van der Waals surface area contributed by atoms with E-state index in [0.29, 0.717) is 10.5 Å². The van der Waals surface area contributed by atoms with Crippen molar-refractivity contribution in [3.63, 3.8) is 0 Å². The Labute approximate surface area is 198 Å². The average Bonchev–Trinajstić information content (AvgIpc) is 3.24. The molecule has 172 valence electrons. The summed E-state index contributed by atoms with van der Waals surface area (Å²) in [7, 11) is 0. The van der Waals surface area contributed by atoms with E-state index in [-0.39, 0.29) is 33.3 Å². The number of azo groups is 1. The summed E-state index contributed by atoms with van der Waals surface area (Å²) in [5, 5.41) is 34.1. The molecule has 0 unspecified atom stereocenters. The Morgan fingerprint density at radius 3 is 2.71 bits per heavy atom. The van der Waals surface area contributed by atoms with Crippen molar-refractivity contribution in [2.75, 3.05) is 6.61 Å². The number of hydrogen-bond acceptors (Lipinski definition) is 11. The first kappa shape index (κ1) is 22.9. The molecule has 0 aliphatic rings. The van der Waals surface area contributed by atoms with Crippen molar-refractivity contribution in [1.82, 2.24) is 14.6 Å². The molecule has 0 saturated carbocycles. The molecular weight excluding hydrogens is 488 g/mol. The van der Waals surface area contributed by atoms with Gasteiger partial charge in [-0.25, -0.2) is 9.31 Å². The first-order chi connectivity index (χ1) is 16.3. The van der Waals surface area contributed by atoms with Crippen LogP contribution in [0.1, 0.15) is 11.9 Å². The third-order valence-electron chi connectivity index (χ3n) is 4.40. The van der Waals surface area contributed by atoms with Gasteiger partial charge >= 0.3 is 5.97 Å². The van der Waals surface area contributed by atoms with Crippen molar-refractivity contribution in [2.45, 2.75) is 6.92 Å². The maximum Gasteiger partial charge on any atom is 0.362 e. The van der Waals surface area contributed by atoms with Crippen LogP contribution in [-0.4, -0.2) is 37.2 Å². The largest absolute Gasteiger partial charge is 0.503 e. The molecule has 0 aliphatic carbocycles. The molecule has 4 aromatic rings. The second kappa shape index (κ2) is 9.33. The number of aliphatic hydroxyl groups excluding tert-OH is 1. The molecule has 0 aliphatic heterocycles. The van der Waals surface area contributed by atoms with E-state index in [1.807, 2.05) is 0 Å². The number of nitrogens with zero attached hydrogens (tertiary/aromatic N) is 6. The van der Waals surface area contributed by atoms with Gasteiger partial charge in [-0.05, 0) is 37.3 Å². The minimum atomic E-state index is -0.972. The molecule has 0 amide bonds. The molecule has 34 heavy (non-hydrogen) atoms. The molecule has 1 N–H and O–H groups in total. The van der Waals surface area contributed by atoms with E-state index in [4.69, 9.17) is 16.3 Å². The smallest absolute Gasteiger partial charge is 0.362 e. The monoisotopic (exact) mass is 500 g/mol. The number of aromatic nitrogens is 3. The predicted molar refractivity (Wildman–Crippen MR) is 123 cm³/mol. The van der Waals surface area contributed by atoms with Crippen molar-refractivity contribution in [3.8, 4) is 0 Å². The van der Waals surface area contributed by atoms with E-state index in [1.54, 1.807) is 13.0 Å². The van der Waals surface area contributed by atoms with Gasteiger partial charge in [0.05, 0.1) is 28.1 Å². The number of nitro groups is 1. The summed E-state index contributed by atoms with van der Waals surface area (Å²) >= 11 is 6.89. The highest BCUT2D eigenvalue weighted by Gasteiger charge is 2.22. The summed E-state index contributed by atoms with van der Waals surface area (Å²) in [6.45, 7) is 1.57. The van der Waals surface area contributed by atoms with E-state index < -0.39 is 27.9 Å². The number of halogens is 1. The van der Waals surface area contributed by atoms with E-state index >= 15 is 0 Å². The van der Waals surface area contributed by atoms with Crippen LogP contribution in [0, 0.1) is 10.1 Å². The van der Waals surface area contributed by atoms with Crippen LogP contribution in [-0.2, 0) is 9.53 Å². The summed E-state index contributed by atoms with van der Waals surface area (Å²) in [5.41, 5.74) is -0.648. The Kier molecular flexibility index (Phi) is 6.30. The number of ether oxygens (including phenoxy) is 1. The van der Waals surface area contributed by atoms with Crippen LogP contribution in [0.4, 0.5) is 11.4 Å². The molecule has 0 atom stereocenters. The van der Waals surface area contributed by atoms with Crippen molar-refractivity contribution in [3.05, 3.63) is 78.7 Å². The van der Waals surface area contributed by atoms with Crippen LogP contribution in [0.5, 0.6) is 0 Å². The Hall–Kier alpha value is -4.23. The molecule has 14 heteroatoms. The normalized spacial score (nSPS) is 12.3. The van der Waals surface area contributed by atoms with E-state index in [0.717, 1.165) is 11.3 Å². The van der Waals surface area contributed by atoms with Gasteiger partial charge in [0.25, 0.3) is 11.2 Å². The number of benzene rings is 2. The summed E-state index contributed by atoms with van der Waals surface area (Å²) in [4.78, 5) is 39.1. The van der Waals surface area contributed by atoms with Gasteiger partial charge in [0.1, 0.15) is 0 Å². The highest BCUT2D eigenvalue weighted by atomic mass is 35.5. The lowest BCUT2D eigenvalue weighted by Gasteiger charge is -2.03. The fourth-order valence-corrected chi connectivity index (χ4v) is 3.86. The van der Waals surface area contributed by atoms with Gasteiger partial charge in [0.2, 0.25) is 10.7 Å². The molecule has 4 rings (SSSR count). The number of esters is 1. The number of hydrogen-bond donors (Lipinski definition) is 1. The second-order valence-corrected chi connectivity index (χ2v) is 7.96. The third-order valence-corrected chi connectivity index (χ3v) is 5.55. The first-order valence-corrected chi connectivity index (χ1v) is 10.7. The van der Waals surface area contributed by atoms with Crippen LogP contribution in [0.15, 0.2) is 63.2 Å². The third kappa shape index (κ3) is 4.46. The molecule has 0 bridgehead atoms. The van der Waals surface area contributed by atoms with Crippen molar-refractivity contribution in [2.24, 2.45) is 10.2 Å². The van der Waals surface area contributed by atoms with Crippen molar-refractivity contribution in [1.29, 1.82) is 0 Å². The lowest BCUT2D eigenvalue weighted by atomic mass is 10.2. The van der Waals surface area contributed by atoms with Crippen LogP contribution in [0.25, 0.3) is 21.6 Å². The maximum atomic E-state index is 12.5. The predicted octanol–water partition coefficient (Wildman–Crippen LogP) is 4.44. The average molecular weight is 501 g/mol. The molecule has 0 fully saturated rings. The molecule has 0 saturated heterocycles. The van der Waals surface area contributed by atoms with E-state index in [2.05, 4.69) is 20.3 Å². The van der Waals surface area contributed by atoms with Crippen LogP contribution in [0.2, 0.25) is 5.02 Å². The lowest BCUT2D eigenvalue weighted by molar-refractivity contribution is -0.384. The molecule has 2 heterocycles. The number of rotatable bonds is 6. The standard InChI is InChI=1S/C20H13ClN6O6S/c1-2-33-19(30)15(24-23-11-4-6-12(7-5-11)27(31)32)16(28)18-25-26-14-9-10(21)3-8-13(14)17(29)22-20(26)34-18/h3-9,28H,2H2,1H3/b16-15+,24-23?. The number of non-ortho nitro benzene ring substituents is 1. The Morgan fingerprint density at radius 2 is 2.03 bits per heavy atom. The molecule has 0 spiro atoms. The number of fused-ring (bicyclic) bond motifs is 3. The molecule has 12 nitrogen and oxygen atoms in total. The fraction of sp³-hybridized carbons (Fsp3) is 0.100. The quantitative estimate of drug-likeness (QED) is 0.101. The highest BCUT2D eigenvalue weighted by Crippen LogP contribution is 2.27. The van der Waals surface area contributed by atoms with E-state index in [1.165, 1.54) is 40.9 Å².